The van der Waals surface area contributed by atoms with Gasteiger partial charge in [0.15, 0.2) is 5.82 Å². The van der Waals surface area contributed by atoms with E-state index in [1.165, 1.54) is 6.20 Å². The number of amides is 1. The van der Waals surface area contributed by atoms with E-state index in [1.54, 1.807) is 45.4 Å². The van der Waals surface area contributed by atoms with Gasteiger partial charge in [0.05, 0.1) is 16.2 Å². The van der Waals surface area contributed by atoms with Crippen LogP contribution in [0.4, 0.5) is 5.69 Å². The van der Waals surface area contributed by atoms with Gasteiger partial charge in [0.25, 0.3) is 5.91 Å². The lowest BCUT2D eigenvalue weighted by Gasteiger charge is -2.37. The fraction of sp³-hybridized carbons (Fsp3) is 0.375. The summed E-state index contributed by atoms with van der Waals surface area (Å²) >= 11 is 0. The summed E-state index contributed by atoms with van der Waals surface area (Å²) in [5, 5.41) is 7.19. The molecule has 3 aromatic rings. The summed E-state index contributed by atoms with van der Waals surface area (Å²) in [6, 6.07) is 11.7. The first-order valence-electron chi connectivity index (χ1n) is 11.1. The number of piperidine rings is 1. The third-order valence-corrected chi connectivity index (χ3v) is 8.18. The van der Waals surface area contributed by atoms with Crippen LogP contribution in [-0.2, 0) is 10.0 Å². The predicted molar refractivity (Wildman–Crippen MR) is 127 cm³/mol. The molecule has 1 aliphatic heterocycles. The highest BCUT2D eigenvalue weighted by atomic mass is 32.2. The zero-order valence-electron chi connectivity index (χ0n) is 19.3. The Bertz CT molecular complexity index is 1240. The lowest BCUT2D eigenvalue weighted by atomic mass is 10.0. The van der Waals surface area contributed by atoms with Crippen LogP contribution in [0.25, 0.3) is 5.82 Å². The van der Waals surface area contributed by atoms with E-state index in [1.807, 2.05) is 33.8 Å². The minimum absolute atomic E-state index is 0.0250. The number of sulfonamides is 1. The molecule has 2 aromatic heterocycles. The van der Waals surface area contributed by atoms with Crippen molar-refractivity contribution in [2.45, 2.75) is 63.9 Å². The Kier molecular flexibility index (Phi) is 6.36. The maximum Gasteiger partial charge on any atom is 0.257 e. The van der Waals surface area contributed by atoms with Crippen LogP contribution in [0.3, 0.4) is 0 Å². The number of rotatable bonds is 5. The van der Waals surface area contributed by atoms with Crippen molar-refractivity contribution in [1.29, 1.82) is 0 Å². The molecular weight excluding hydrogens is 438 g/mol. The molecule has 4 rings (SSSR count). The molecule has 3 heterocycles. The Morgan fingerprint density at radius 1 is 1.03 bits per heavy atom. The number of hydrogen-bond donors (Lipinski definition) is 1. The summed E-state index contributed by atoms with van der Waals surface area (Å²) < 4.78 is 29.7. The molecule has 2 unspecified atom stereocenters. The molecule has 174 valence electrons. The smallest absolute Gasteiger partial charge is 0.257 e. The van der Waals surface area contributed by atoms with Gasteiger partial charge in [0, 0.05) is 29.7 Å². The SMILES string of the molecule is Cc1cc(C)n(-c2ccc(C(=O)Nc3ccc(S(=O)(=O)N4C(C)CCCC4C)cc3)cn2)n1. The second kappa shape index (κ2) is 9.07. The van der Waals surface area contributed by atoms with Gasteiger partial charge in [0.2, 0.25) is 10.0 Å². The zero-order chi connectivity index (χ0) is 23.8. The van der Waals surface area contributed by atoms with Gasteiger partial charge in [-0.05, 0) is 83.0 Å². The molecule has 0 aliphatic carbocycles. The van der Waals surface area contributed by atoms with Crippen LogP contribution < -0.4 is 5.32 Å². The molecule has 1 fully saturated rings. The second-order valence-electron chi connectivity index (χ2n) is 8.69. The van der Waals surface area contributed by atoms with Gasteiger partial charge in [-0.2, -0.15) is 9.40 Å². The van der Waals surface area contributed by atoms with Gasteiger partial charge in [-0.1, -0.05) is 6.42 Å². The molecule has 1 N–H and O–H groups in total. The molecule has 1 aliphatic rings. The van der Waals surface area contributed by atoms with Crippen LogP contribution in [0.5, 0.6) is 0 Å². The molecule has 0 radical (unpaired) electrons. The van der Waals surface area contributed by atoms with Crippen LogP contribution in [0.2, 0.25) is 0 Å². The maximum atomic E-state index is 13.2. The van der Waals surface area contributed by atoms with E-state index >= 15 is 0 Å². The minimum atomic E-state index is -3.59. The first-order chi connectivity index (χ1) is 15.7. The van der Waals surface area contributed by atoms with Crippen molar-refractivity contribution in [2.75, 3.05) is 5.32 Å². The minimum Gasteiger partial charge on any atom is -0.322 e. The highest BCUT2D eigenvalue weighted by molar-refractivity contribution is 7.89. The van der Waals surface area contributed by atoms with Gasteiger partial charge in [-0.25, -0.2) is 18.1 Å². The zero-order valence-corrected chi connectivity index (χ0v) is 20.1. The number of nitrogens with zero attached hydrogens (tertiary/aromatic N) is 4. The topological polar surface area (TPSA) is 97.2 Å². The van der Waals surface area contributed by atoms with Crippen LogP contribution in [0, 0.1) is 13.8 Å². The van der Waals surface area contributed by atoms with E-state index in [9.17, 15) is 13.2 Å². The number of aromatic nitrogens is 3. The molecule has 8 nitrogen and oxygen atoms in total. The van der Waals surface area contributed by atoms with Crippen molar-refractivity contribution in [1.82, 2.24) is 19.1 Å². The summed E-state index contributed by atoms with van der Waals surface area (Å²) in [7, 11) is -3.59. The Labute approximate surface area is 194 Å². The molecule has 1 amide bonds. The number of aryl methyl sites for hydroxylation is 2. The summed E-state index contributed by atoms with van der Waals surface area (Å²) in [5.41, 5.74) is 2.76. The van der Waals surface area contributed by atoms with E-state index in [0.29, 0.717) is 17.1 Å². The fourth-order valence-corrected chi connectivity index (χ4v) is 6.29. The number of anilines is 1. The van der Waals surface area contributed by atoms with Gasteiger partial charge in [-0.3, -0.25) is 4.79 Å². The largest absolute Gasteiger partial charge is 0.322 e. The number of pyridine rings is 1. The predicted octanol–water partition coefficient (Wildman–Crippen LogP) is 4.09. The van der Waals surface area contributed by atoms with E-state index in [4.69, 9.17) is 0 Å². The number of hydrogen-bond acceptors (Lipinski definition) is 5. The highest BCUT2D eigenvalue weighted by Gasteiger charge is 2.35. The van der Waals surface area contributed by atoms with Crippen molar-refractivity contribution >= 4 is 21.6 Å². The molecule has 33 heavy (non-hydrogen) atoms. The Morgan fingerprint density at radius 3 is 2.24 bits per heavy atom. The maximum absolute atomic E-state index is 13.2. The third kappa shape index (κ3) is 4.69. The quantitative estimate of drug-likeness (QED) is 0.610. The highest BCUT2D eigenvalue weighted by Crippen LogP contribution is 2.30. The van der Waals surface area contributed by atoms with Crippen LogP contribution in [-0.4, -0.2) is 45.5 Å². The molecule has 0 bridgehead atoms. The van der Waals surface area contributed by atoms with E-state index in [-0.39, 0.29) is 22.9 Å². The molecule has 0 saturated carbocycles. The van der Waals surface area contributed by atoms with Crippen LogP contribution >= 0.6 is 0 Å². The molecule has 1 saturated heterocycles. The van der Waals surface area contributed by atoms with Crippen LogP contribution in [0.1, 0.15) is 54.9 Å². The van der Waals surface area contributed by atoms with Crippen molar-refractivity contribution in [2.24, 2.45) is 0 Å². The van der Waals surface area contributed by atoms with E-state index in [2.05, 4.69) is 15.4 Å². The standard InChI is InChI=1S/C24H29N5O3S/c1-16-14-19(4)28(27-16)23-13-8-20(15-25-23)24(30)26-21-9-11-22(12-10-21)33(31,32)29-17(2)6-5-7-18(29)3/h8-15,17-18H,5-7H2,1-4H3,(H,26,30). The van der Waals surface area contributed by atoms with Crippen molar-refractivity contribution < 1.29 is 13.2 Å². The lowest BCUT2D eigenvalue weighted by molar-refractivity contribution is 0.102. The Balaban J connectivity index is 1.46. The molecule has 2 atom stereocenters. The number of carbonyl (C=O) groups is 1. The number of benzene rings is 1. The number of nitrogens with one attached hydrogen (secondary N) is 1. The van der Waals surface area contributed by atoms with Crippen molar-refractivity contribution in [3.8, 4) is 5.82 Å². The normalized spacial score (nSPS) is 19.4. The van der Waals surface area contributed by atoms with Crippen molar-refractivity contribution in [3.05, 3.63) is 65.6 Å². The Morgan fingerprint density at radius 2 is 1.70 bits per heavy atom. The summed E-state index contributed by atoms with van der Waals surface area (Å²) in [6.07, 6.45) is 4.27. The number of carbonyl (C=O) groups excluding carboxylic acids is 1. The van der Waals surface area contributed by atoms with Gasteiger partial charge in [0.1, 0.15) is 0 Å². The summed E-state index contributed by atoms with van der Waals surface area (Å²) in [6.45, 7) is 7.76. The average Bonchev–Trinajstić information content (AvgIpc) is 3.12. The van der Waals surface area contributed by atoms with Gasteiger partial charge < -0.3 is 5.32 Å². The van der Waals surface area contributed by atoms with E-state index < -0.39 is 10.0 Å². The van der Waals surface area contributed by atoms with Crippen LogP contribution in [0.15, 0.2) is 53.6 Å². The monoisotopic (exact) mass is 467 g/mol. The first kappa shape index (κ1) is 23.1. The lowest BCUT2D eigenvalue weighted by Crippen LogP contribution is -2.47. The molecule has 0 spiro atoms. The van der Waals surface area contributed by atoms with Gasteiger partial charge >= 0.3 is 0 Å². The fourth-order valence-electron chi connectivity index (χ4n) is 4.41. The first-order valence-corrected chi connectivity index (χ1v) is 12.6. The summed E-state index contributed by atoms with van der Waals surface area (Å²) in [5.74, 6) is 0.309. The van der Waals surface area contributed by atoms with Gasteiger partial charge in [-0.15, -0.1) is 0 Å². The molecule has 9 heteroatoms. The summed E-state index contributed by atoms with van der Waals surface area (Å²) in [4.78, 5) is 17.2. The average molecular weight is 468 g/mol. The van der Waals surface area contributed by atoms with E-state index in [0.717, 1.165) is 30.7 Å². The molecule has 1 aromatic carbocycles. The second-order valence-corrected chi connectivity index (χ2v) is 10.5. The molecular formula is C24H29N5O3S. The van der Waals surface area contributed by atoms with Crippen molar-refractivity contribution in [3.63, 3.8) is 0 Å². The third-order valence-electron chi connectivity index (χ3n) is 6.04. The Hall–Kier alpha value is -3.04.